The molecule has 2 amide bonds. The molecule has 1 aromatic heterocycles. The lowest BCUT2D eigenvalue weighted by atomic mass is 10.1. The number of hydrogen-bond acceptors (Lipinski definition) is 4. The van der Waals surface area contributed by atoms with Crippen LogP contribution in [0.4, 0.5) is 5.69 Å². The molecule has 0 N–H and O–H groups in total. The summed E-state index contributed by atoms with van der Waals surface area (Å²) in [5.41, 5.74) is 0.798. The summed E-state index contributed by atoms with van der Waals surface area (Å²) in [7, 11) is 0. The van der Waals surface area contributed by atoms with Crippen molar-refractivity contribution in [3.63, 3.8) is 0 Å². The third-order valence-corrected chi connectivity index (χ3v) is 4.99. The van der Waals surface area contributed by atoms with Crippen molar-refractivity contribution in [3.8, 4) is 0 Å². The van der Waals surface area contributed by atoms with Crippen molar-refractivity contribution in [2.45, 2.75) is 19.9 Å². The maximum atomic E-state index is 12.5. The van der Waals surface area contributed by atoms with Crippen molar-refractivity contribution in [2.75, 3.05) is 36.0 Å². The monoisotopic (exact) mass is 308 g/mol. The number of nitrogens with zero attached hydrogens (tertiary/aromatic N) is 4. The molecule has 7 heteroatoms. The maximum Gasteiger partial charge on any atom is 0.228 e. The predicted octanol–water partition coefficient (Wildman–Crippen LogP) is 0.831. The predicted molar refractivity (Wildman–Crippen MR) is 82.3 cm³/mol. The van der Waals surface area contributed by atoms with Gasteiger partial charge in [0.05, 0.1) is 17.8 Å². The second-order valence-corrected chi connectivity index (χ2v) is 6.62. The van der Waals surface area contributed by atoms with E-state index in [0.717, 1.165) is 36.8 Å². The van der Waals surface area contributed by atoms with Crippen molar-refractivity contribution in [1.29, 1.82) is 0 Å². The molecule has 2 fully saturated rings. The Kier molecular flexibility index (Phi) is 4.19. The van der Waals surface area contributed by atoms with Crippen LogP contribution in [0.5, 0.6) is 0 Å². The van der Waals surface area contributed by atoms with Crippen molar-refractivity contribution < 1.29 is 9.59 Å². The van der Waals surface area contributed by atoms with Gasteiger partial charge in [-0.2, -0.15) is 16.9 Å². The third kappa shape index (κ3) is 2.92. The minimum Gasteiger partial charge on any atom is -0.341 e. The molecule has 114 valence electrons. The van der Waals surface area contributed by atoms with Gasteiger partial charge in [-0.05, 0) is 6.92 Å². The molecule has 0 bridgehead atoms. The molecule has 3 rings (SSSR count). The Morgan fingerprint density at radius 2 is 2.19 bits per heavy atom. The second-order valence-electron chi connectivity index (χ2n) is 5.40. The molecule has 0 spiro atoms. The van der Waals surface area contributed by atoms with Crippen LogP contribution in [-0.2, 0) is 16.1 Å². The van der Waals surface area contributed by atoms with Gasteiger partial charge in [0.1, 0.15) is 0 Å². The maximum absolute atomic E-state index is 12.5. The number of carbonyl (C=O) groups is 2. The number of hydrogen-bond donors (Lipinski definition) is 0. The Hall–Kier alpha value is -1.50. The Balaban J connectivity index is 1.67. The van der Waals surface area contributed by atoms with E-state index in [2.05, 4.69) is 5.10 Å². The Morgan fingerprint density at radius 3 is 2.86 bits per heavy atom. The zero-order valence-electron chi connectivity index (χ0n) is 12.2. The van der Waals surface area contributed by atoms with E-state index in [0.29, 0.717) is 13.0 Å². The van der Waals surface area contributed by atoms with Gasteiger partial charge in [-0.1, -0.05) is 0 Å². The summed E-state index contributed by atoms with van der Waals surface area (Å²) in [6, 6.07) is 0. The molecule has 0 radical (unpaired) electrons. The molecule has 2 aliphatic rings. The topological polar surface area (TPSA) is 58.4 Å². The lowest BCUT2D eigenvalue weighted by Crippen LogP contribution is -2.42. The Morgan fingerprint density at radius 1 is 1.43 bits per heavy atom. The van der Waals surface area contributed by atoms with Gasteiger partial charge in [-0.25, -0.2) is 0 Å². The molecular weight excluding hydrogens is 288 g/mol. The van der Waals surface area contributed by atoms with Gasteiger partial charge < -0.3 is 9.80 Å². The van der Waals surface area contributed by atoms with Gasteiger partial charge in [0.2, 0.25) is 11.8 Å². The van der Waals surface area contributed by atoms with Crippen LogP contribution in [0.3, 0.4) is 0 Å². The van der Waals surface area contributed by atoms with E-state index in [4.69, 9.17) is 0 Å². The molecule has 3 heterocycles. The number of anilines is 1. The SMILES string of the molecule is CCn1cc(N2CC(C(=O)N3CCSCC3)CC2=O)cn1. The largest absolute Gasteiger partial charge is 0.341 e. The number of rotatable bonds is 3. The first-order chi connectivity index (χ1) is 10.2. The fourth-order valence-electron chi connectivity index (χ4n) is 2.83. The summed E-state index contributed by atoms with van der Waals surface area (Å²) in [6.45, 7) is 4.87. The van der Waals surface area contributed by atoms with E-state index in [1.165, 1.54) is 0 Å². The molecule has 1 atom stereocenters. The fraction of sp³-hybridized carbons (Fsp3) is 0.643. The first-order valence-corrected chi connectivity index (χ1v) is 8.54. The van der Waals surface area contributed by atoms with E-state index in [1.54, 1.807) is 15.8 Å². The quantitative estimate of drug-likeness (QED) is 0.830. The van der Waals surface area contributed by atoms with Crippen LogP contribution >= 0.6 is 11.8 Å². The van der Waals surface area contributed by atoms with E-state index in [1.807, 2.05) is 29.8 Å². The van der Waals surface area contributed by atoms with Crippen LogP contribution in [-0.4, -0.2) is 57.6 Å². The summed E-state index contributed by atoms with van der Waals surface area (Å²) >= 11 is 1.88. The molecule has 0 aliphatic carbocycles. The highest BCUT2D eigenvalue weighted by Gasteiger charge is 2.37. The third-order valence-electron chi connectivity index (χ3n) is 4.05. The van der Waals surface area contributed by atoms with Gasteiger partial charge in [0.25, 0.3) is 0 Å². The van der Waals surface area contributed by atoms with Crippen molar-refractivity contribution in [2.24, 2.45) is 5.92 Å². The fourth-order valence-corrected chi connectivity index (χ4v) is 3.73. The average molecular weight is 308 g/mol. The zero-order chi connectivity index (χ0) is 14.8. The molecule has 2 aliphatic heterocycles. The minimum absolute atomic E-state index is 0.0235. The van der Waals surface area contributed by atoms with E-state index in [-0.39, 0.29) is 17.7 Å². The van der Waals surface area contributed by atoms with Crippen molar-refractivity contribution in [3.05, 3.63) is 12.4 Å². The summed E-state index contributed by atoms with van der Waals surface area (Å²) in [4.78, 5) is 28.3. The molecule has 6 nitrogen and oxygen atoms in total. The molecular formula is C14H20N4O2S. The lowest BCUT2D eigenvalue weighted by molar-refractivity contribution is -0.135. The molecule has 2 saturated heterocycles. The van der Waals surface area contributed by atoms with Crippen LogP contribution in [0.1, 0.15) is 13.3 Å². The van der Waals surface area contributed by atoms with Gasteiger partial charge in [0, 0.05) is 50.3 Å². The average Bonchev–Trinajstić information content (AvgIpc) is 3.13. The number of aryl methyl sites for hydroxylation is 1. The standard InChI is InChI=1S/C14H20N4O2S/c1-2-17-10-12(8-15-17)18-9-11(7-13(18)19)14(20)16-3-5-21-6-4-16/h8,10-11H,2-7,9H2,1H3. The number of aromatic nitrogens is 2. The number of carbonyl (C=O) groups excluding carboxylic acids is 2. The second kappa shape index (κ2) is 6.09. The molecule has 1 aromatic rings. The lowest BCUT2D eigenvalue weighted by Gasteiger charge is -2.28. The van der Waals surface area contributed by atoms with Gasteiger partial charge in [0.15, 0.2) is 0 Å². The van der Waals surface area contributed by atoms with Crippen LogP contribution in [0.25, 0.3) is 0 Å². The molecule has 1 unspecified atom stereocenters. The first-order valence-electron chi connectivity index (χ1n) is 7.38. The smallest absolute Gasteiger partial charge is 0.228 e. The highest BCUT2D eigenvalue weighted by molar-refractivity contribution is 7.99. The first kappa shape index (κ1) is 14.4. The van der Waals surface area contributed by atoms with Gasteiger partial charge >= 0.3 is 0 Å². The van der Waals surface area contributed by atoms with Gasteiger partial charge in [-0.3, -0.25) is 14.3 Å². The number of thioether (sulfide) groups is 1. The minimum atomic E-state index is -0.203. The highest BCUT2D eigenvalue weighted by atomic mass is 32.2. The van der Waals surface area contributed by atoms with E-state index in [9.17, 15) is 9.59 Å². The van der Waals surface area contributed by atoms with Gasteiger partial charge in [-0.15, -0.1) is 0 Å². The molecule has 0 aromatic carbocycles. The van der Waals surface area contributed by atoms with E-state index < -0.39 is 0 Å². The summed E-state index contributed by atoms with van der Waals surface area (Å²) < 4.78 is 1.79. The summed E-state index contributed by atoms with van der Waals surface area (Å²) in [5, 5.41) is 4.20. The van der Waals surface area contributed by atoms with Crippen molar-refractivity contribution in [1.82, 2.24) is 14.7 Å². The van der Waals surface area contributed by atoms with Crippen LogP contribution in [0, 0.1) is 5.92 Å². The van der Waals surface area contributed by atoms with E-state index >= 15 is 0 Å². The van der Waals surface area contributed by atoms with Crippen molar-refractivity contribution >= 4 is 29.3 Å². The van der Waals surface area contributed by atoms with Crippen LogP contribution < -0.4 is 4.90 Å². The summed E-state index contributed by atoms with van der Waals surface area (Å²) in [5.74, 6) is 1.95. The van der Waals surface area contributed by atoms with Crippen LogP contribution in [0.15, 0.2) is 12.4 Å². The Labute approximate surface area is 128 Å². The zero-order valence-corrected chi connectivity index (χ0v) is 13.0. The number of amides is 2. The van der Waals surface area contributed by atoms with Crippen LogP contribution in [0.2, 0.25) is 0 Å². The molecule has 0 saturated carbocycles. The Bertz CT molecular complexity index is 539. The molecule has 21 heavy (non-hydrogen) atoms. The normalized spacial score (nSPS) is 22.9. The highest BCUT2D eigenvalue weighted by Crippen LogP contribution is 2.26. The summed E-state index contributed by atoms with van der Waals surface area (Å²) in [6.07, 6.45) is 3.88.